The molecule has 0 bridgehead atoms. The van der Waals surface area contributed by atoms with Crippen LogP contribution in [0.15, 0.2) is 72.9 Å². The fourth-order valence-electron chi connectivity index (χ4n) is 7.15. The average Bonchev–Trinajstić information content (AvgIpc) is 3.27. The van der Waals surface area contributed by atoms with Crippen molar-refractivity contribution in [1.82, 2.24) is 0 Å². The highest BCUT2D eigenvalue weighted by Gasteiger charge is 2.19. The molecule has 0 aromatic heterocycles. The molecule has 0 radical (unpaired) electrons. The molecular formula is C56H96O6. The van der Waals surface area contributed by atoms with Gasteiger partial charge in [0.2, 0.25) is 0 Å². The summed E-state index contributed by atoms with van der Waals surface area (Å²) in [6, 6.07) is 0. The summed E-state index contributed by atoms with van der Waals surface area (Å²) in [6.07, 6.45) is 63.1. The Hall–Kier alpha value is -3.15. The monoisotopic (exact) mass is 865 g/mol. The number of esters is 3. The van der Waals surface area contributed by atoms with Crippen LogP contribution in [0.2, 0.25) is 0 Å². The minimum absolute atomic E-state index is 0.0915. The Balaban J connectivity index is 4.43. The van der Waals surface area contributed by atoms with Crippen molar-refractivity contribution in [2.24, 2.45) is 0 Å². The molecule has 0 saturated carbocycles. The summed E-state index contributed by atoms with van der Waals surface area (Å²) in [4.78, 5) is 38.0. The van der Waals surface area contributed by atoms with Crippen LogP contribution >= 0.6 is 0 Å². The predicted molar refractivity (Wildman–Crippen MR) is 265 cm³/mol. The Morgan fingerprint density at radius 3 is 1.05 bits per heavy atom. The van der Waals surface area contributed by atoms with Crippen LogP contribution in [0.25, 0.3) is 0 Å². The first kappa shape index (κ1) is 58.9. The first-order chi connectivity index (χ1) is 30.5. The van der Waals surface area contributed by atoms with E-state index in [1.807, 2.05) is 36.5 Å². The van der Waals surface area contributed by atoms with Crippen molar-refractivity contribution in [2.45, 2.75) is 252 Å². The molecule has 356 valence electrons. The highest BCUT2D eigenvalue weighted by atomic mass is 16.6. The lowest BCUT2D eigenvalue weighted by Crippen LogP contribution is -2.30. The molecule has 0 aromatic carbocycles. The molecule has 0 saturated heterocycles. The van der Waals surface area contributed by atoms with Gasteiger partial charge >= 0.3 is 17.9 Å². The minimum atomic E-state index is -0.795. The molecule has 6 heteroatoms. The summed E-state index contributed by atoms with van der Waals surface area (Å²) in [5, 5.41) is 0. The van der Waals surface area contributed by atoms with E-state index in [0.717, 1.165) is 83.5 Å². The number of hydrogen-bond donors (Lipinski definition) is 0. The lowest BCUT2D eigenvalue weighted by Gasteiger charge is -2.18. The molecule has 0 aromatic rings. The zero-order valence-electron chi connectivity index (χ0n) is 40.6. The van der Waals surface area contributed by atoms with E-state index in [1.54, 1.807) is 0 Å². The van der Waals surface area contributed by atoms with Crippen LogP contribution in [-0.4, -0.2) is 37.2 Å². The van der Waals surface area contributed by atoms with Gasteiger partial charge in [0, 0.05) is 19.3 Å². The van der Waals surface area contributed by atoms with Crippen molar-refractivity contribution in [3.05, 3.63) is 72.9 Å². The van der Waals surface area contributed by atoms with Crippen molar-refractivity contribution < 1.29 is 28.6 Å². The number of unbranched alkanes of at least 4 members (excludes halogenated alkanes) is 27. The van der Waals surface area contributed by atoms with Gasteiger partial charge in [-0.1, -0.05) is 235 Å². The molecule has 6 nitrogen and oxygen atoms in total. The SMILES string of the molecule is CC\C=C/C=C\C=C/C=C\CCCCCC(=O)OCC(COC(=O)CCCCCCCCCCCCCCCCCC)OC(=O)CCCCCCCC/C=C\C=C/CCCCC. The number of allylic oxidation sites excluding steroid dienone is 12. The van der Waals surface area contributed by atoms with Crippen LogP contribution in [0.3, 0.4) is 0 Å². The minimum Gasteiger partial charge on any atom is -0.462 e. The fourth-order valence-corrected chi connectivity index (χ4v) is 7.15. The molecule has 0 aliphatic carbocycles. The van der Waals surface area contributed by atoms with Crippen LogP contribution in [-0.2, 0) is 28.6 Å². The van der Waals surface area contributed by atoms with Gasteiger partial charge < -0.3 is 14.2 Å². The van der Waals surface area contributed by atoms with Gasteiger partial charge in [-0.2, -0.15) is 0 Å². The zero-order valence-corrected chi connectivity index (χ0v) is 40.6. The Kier molecular flexibility index (Phi) is 47.9. The molecule has 0 N–H and O–H groups in total. The molecule has 62 heavy (non-hydrogen) atoms. The van der Waals surface area contributed by atoms with Gasteiger partial charge in [-0.25, -0.2) is 0 Å². The summed E-state index contributed by atoms with van der Waals surface area (Å²) in [7, 11) is 0. The van der Waals surface area contributed by atoms with Crippen molar-refractivity contribution in [1.29, 1.82) is 0 Å². The van der Waals surface area contributed by atoms with Crippen LogP contribution in [0.4, 0.5) is 0 Å². The molecule has 0 spiro atoms. The Bertz CT molecular complexity index is 1180. The predicted octanol–water partition coefficient (Wildman–Crippen LogP) is 17.0. The molecule has 0 aliphatic rings. The van der Waals surface area contributed by atoms with Gasteiger partial charge in [0.05, 0.1) is 0 Å². The van der Waals surface area contributed by atoms with E-state index in [0.29, 0.717) is 19.3 Å². The Labute approximate surface area is 382 Å². The van der Waals surface area contributed by atoms with Crippen molar-refractivity contribution in [3.63, 3.8) is 0 Å². The van der Waals surface area contributed by atoms with Crippen molar-refractivity contribution in [3.8, 4) is 0 Å². The summed E-state index contributed by atoms with van der Waals surface area (Å²) < 4.78 is 16.8. The van der Waals surface area contributed by atoms with Gasteiger partial charge in [0.1, 0.15) is 13.2 Å². The maximum Gasteiger partial charge on any atom is 0.306 e. The third-order valence-electron chi connectivity index (χ3n) is 11.1. The highest BCUT2D eigenvalue weighted by molar-refractivity contribution is 5.71. The Morgan fingerprint density at radius 1 is 0.339 bits per heavy atom. The quantitative estimate of drug-likeness (QED) is 0.0262. The van der Waals surface area contributed by atoms with E-state index in [1.165, 1.54) is 122 Å². The number of rotatable bonds is 46. The molecule has 0 fully saturated rings. The maximum absolute atomic E-state index is 12.8. The normalized spacial score (nSPS) is 12.6. The van der Waals surface area contributed by atoms with Gasteiger partial charge in [-0.15, -0.1) is 0 Å². The molecule has 0 amide bonds. The second-order valence-corrected chi connectivity index (χ2v) is 17.2. The van der Waals surface area contributed by atoms with Gasteiger partial charge in [0.25, 0.3) is 0 Å². The topological polar surface area (TPSA) is 78.9 Å². The van der Waals surface area contributed by atoms with Crippen LogP contribution < -0.4 is 0 Å². The Morgan fingerprint density at radius 2 is 0.629 bits per heavy atom. The van der Waals surface area contributed by atoms with Crippen LogP contribution in [0.5, 0.6) is 0 Å². The zero-order chi connectivity index (χ0) is 45.1. The van der Waals surface area contributed by atoms with E-state index in [9.17, 15) is 14.4 Å². The number of ether oxygens (including phenoxy) is 3. The summed E-state index contributed by atoms with van der Waals surface area (Å²) in [5.41, 5.74) is 0. The van der Waals surface area contributed by atoms with E-state index in [2.05, 4.69) is 57.2 Å². The highest BCUT2D eigenvalue weighted by Crippen LogP contribution is 2.15. The van der Waals surface area contributed by atoms with E-state index in [4.69, 9.17) is 14.2 Å². The van der Waals surface area contributed by atoms with E-state index >= 15 is 0 Å². The number of hydrogen-bond acceptors (Lipinski definition) is 6. The third kappa shape index (κ3) is 47.9. The molecule has 0 aliphatic heterocycles. The molecular weight excluding hydrogens is 769 g/mol. The molecule has 0 heterocycles. The first-order valence-corrected chi connectivity index (χ1v) is 26.0. The van der Waals surface area contributed by atoms with Gasteiger partial charge in [0.15, 0.2) is 6.10 Å². The van der Waals surface area contributed by atoms with Crippen LogP contribution in [0, 0.1) is 0 Å². The average molecular weight is 865 g/mol. The second-order valence-electron chi connectivity index (χ2n) is 17.2. The largest absolute Gasteiger partial charge is 0.462 e. The lowest BCUT2D eigenvalue weighted by molar-refractivity contribution is -0.167. The molecule has 0 rings (SSSR count). The smallest absolute Gasteiger partial charge is 0.306 e. The van der Waals surface area contributed by atoms with Gasteiger partial charge in [-0.05, 0) is 64.2 Å². The molecule has 1 unspecified atom stereocenters. The van der Waals surface area contributed by atoms with E-state index in [-0.39, 0.29) is 31.1 Å². The van der Waals surface area contributed by atoms with Gasteiger partial charge in [-0.3, -0.25) is 14.4 Å². The number of carbonyl (C=O) groups excluding carboxylic acids is 3. The summed E-state index contributed by atoms with van der Waals surface area (Å²) in [6.45, 7) is 6.43. The fraction of sp³-hybridized carbons (Fsp3) is 0.732. The standard InChI is InChI=1S/C56H96O6/c1-4-7-10-13-16-19-22-25-27-29-31-34-37-40-43-46-49-55(58)61-52-53(51-60-54(57)48-45-42-39-36-33-30-24-21-18-15-12-9-6-3)62-56(59)50-47-44-41-38-35-32-28-26-23-20-17-14-11-8-5-2/h9,12,15,17-18,20-21,23-24,26,30,33,53H,4-8,10-11,13-14,16,19,22,25,27-29,31-32,34-52H2,1-3H3/b12-9-,18-15-,20-17-,24-21-,26-23-,33-30-. The third-order valence-corrected chi connectivity index (χ3v) is 11.1. The first-order valence-electron chi connectivity index (χ1n) is 26.0. The maximum atomic E-state index is 12.8. The lowest BCUT2D eigenvalue weighted by atomic mass is 10.0. The second kappa shape index (κ2) is 50.5. The summed E-state index contributed by atoms with van der Waals surface area (Å²) >= 11 is 0. The van der Waals surface area contributed by atoms with Crippen molar-refractivity contribution >= 4 is 17.9 Å². The summed E-state index contributed by atoms with van der Waals surface area (Å²) in [5.74, 6) is -0.940. The molecule has 1 atom stereocenters. The van der Waals surface area contributed by atoms with E-state index < -0.39 is 6.10 Å². The van der Waals surface area contributed by atoms with Crippen molar-refractivity contribution in [2.75, 3.05) is 13.2 Å². The van der Waals surface area contributed by atoms with Crippen LogP contribution in [0.1, 0.15) is 245 Å². The number of carbonyl (C=O) groups is 3.